The molecular weight excluding hydrogens is 731 g/mol. The molecule has 12 nitrogen and oxygen atoms in total. The topological polar surface area (TPSA) is 217 Å². The van der Waals surface area contributed by atoms with Gasteiger partial charge in [0.25, 0.3) is 0 Å². The molecule has 4 fully saturated rings. The number of hydrogen-bond donors (Lipinski definition) is 4. The van der Waals surface area contributed by atoms with Crippen molar-refractivity contribution in [2.75, 3.05) is 24.6 Å². The molecule has 0 aliphatic heterocycles. The zero-order valence-corrected chi connectivity index (χ0v) is 33.0. The molecule has 0 heterocycles. The molecule has 0 aromatic carbocycles. The van der Waals surface area contributed by atoms with Gasteiger partial charge in [-0.1, -0.05) is 0 Å². The van der Waals surface area contributed by atoms with Crippen molar-refractivity contribution >= 4 is 55.0 Å². The van der Waals surface area contributed by atoms with E-state index in [1.807, 2.05) is 0 Å². The quantitative estimate of drug-likeness (QED) is 0.121. The van der Waals surface area contributed by atoms with E-state index in [-0.39, 0.29) is 22.6 Å². The molecule has 8 unspecified atom stereocenters. The van der Waals surface area contributed by atoms with Crippen LogP contribution in [-0.4, -0.2) is 120 Å². The van der Waals surface area contributed by atoms with E-state index < -0.39 is 76.0 Å². The third-order valence-corrected chi connectivity index (χ3v) is 32.3. The van der Waals surface area contributed by atoms with Crippen molar-refractivity contribution in [3.8, 4) is 0 Å². The molecule has 4 aliphatic rings. The van der Waals surface area contributed by atoms with Gasteiger partial charge in [0.05, 0.1) is 0 Å². The first-order chi connectivity index (χ1) is 21.7. The Balaban J connectivity index is 1.69. The van der Waals surface area contributed by atoms with E-state index in [9.17, 15) is 51.9 Å². The van der Waals surface area contributed by atoms with Crippen LogP contribution in [0.5, 0.6) is 0 Å². The van der Waals surface area contributed by atoms with Crippen molar-refractivity contribution in [3.05, 3.63) is 0 Å². The Hall–Kier alpha value is 0.500. The van der Waals surface area contributed by atoms with E-state index in [4.69, 9.17) is 0 Å². The SMILES string of the molecule is CCC[PH](CCC[PH](CCC)(C1CCC(S(=O)(=O)O)C1)C1CCC(S(=O)(=O)O)C1)(C1CCC(S(=O)(=O)O)C1)C1CCC(S(=O)(=O)O)C1. The van der Waals surface area contributed by atoms with Crippen LogP contribution in [0.3, 0.4) is 0 Å². The van der Waals surface area contributed by atoms with E-state index in [2.05, 4.69) is 13.8 Å². The van der Waals surface area contributed by atoms with Crippen molar-refractivity contribution in [1.82, 2.24) is 0 Å². The summed E-state index contributed by atoms with van der Waals surface area (Å²) in [5, 5.41) is -3.35. The summed E-state index contributed by atoms with van der Waals surface area (Å²) in [6.07, 6.45) is 11.4. The number of rotatable bonds is 16. The second-order valence-electron chi connectivity index (χ2n) is 15.4. The van der Waals surface area contributed by atoms with Crippen molar-refractivity contribution < 1.29 is 51.9 Å². The first-order valence-electron chi connectivity index (χ1n) is 17.5. The zero-order chi connectivity index (χ0) is 35.1. The average molecular weight is 789 g/mol. The van der Waals surface area contributed by atoms with Gasteiger partial charge in [0, 0.05) is 0 Å². The molecule has 0 bridgehead atoms. The average Bonchev–Trinajstić information content (AvgIpc) is 3.76. The first-order valence-corrected chi connectivity index (χ1v) is 28.7. The Morgan fingerprint density at radius 2 is 0.660 bits per heavy atom. The molecule has 4 aliphatic carbocycles. The molecule has 0 aromatic heterocycles. The summed E-state index contributed by atoms with van der Waals surface area (Å²) in [5.41, 5.74) is 0.306. The molecule has 0 saturated heterocycles. The monoisotopic (exact) mass is 788 g/mol. The molecule has 0 aromatic rings. The minimum absolute atomic E-state index is 0.0764. The Bertz CT molecular complexity index is 1320. The standard InChI is InChI=1S/C29H58O12P2S4/c1-3-14-42(22-6-10-26(18-22)44(30,31)32,23-7-11-27(19-23)45(33,34)35)16-5-17-43(15-4-2,24-8-12-28(20-24)46(36,37)38)25-9-13-29(21-25)47(39,40)41/h22-29,42-43H,3-21H2,1-2H3,(H,30,31,32)(H,33,34,35)(H,36,37,38)(H,39,40,41). The third-order valence-electron chi connectivity index (χ3n) is 13.2. The van der Waals surface area contributed by atoms with Crippen LogP contribution in [0, 0.1) is 0 Å². The van der Waals surface area contributed by atoms with Crippen LogP contribution in [0.15, 0.2) is 0 Å². The Kier molecular flexibility index (Phi) is 13.1. The second-order valence-corrected chi connectivity index (χ2v) is 32.4. The van der Waals surface area contributed by atoms with Crippen LogP contribution >= 0.6 is 14.5 Å². The van der Waals surface area contributed by atoms with E-state index in [0.717, 1.165) is 43.9 Å². The van der Waals surface area contributed by atoms with Gasteiger partial charge >= 0.3 is 285 Å². The van der Waals surface area contributed by atoms with Gasteiger partial charge in [-0.25, -0.2) is 0 Å². The van der Waals surface area contributed by atoms with Crippen LogP contribution in [0.1, 0.15) is 110 Å². The predicted molar refractivity (Wildman–Crippen MR) is 193 cm³/mol. The van der Waals surface area contributed by atoms with Gasteiger partial charge in [-0.2, -0.15) is 0 Å². The van der Waals surface area contributed by atoms with Crippen LogP contribution in [0.2, 0.25) is 0 Å². The van der Waals surface area contributed by atoms with Crippen LogP contribution in [0.4, 0.5) is 0 Å². The predicted octanol–water partition coefficient (Wildman–Crippen LogP) is 4.93. The fourth-order valence-electron chi connectivity index (χ4n) is 11.2. The summed E-state index contributed by atoms with van der Waals surface area (Å²) in [6.45, 7) is 4.18. The summed E-state index contributed by atoms with van der Waals surface area (Å²) in [7, 11) is -21.8. The minimum atomic E-state index is -4.22. The maximum absolute atomic E-state index is 12.2. The van der Waals surface area contributed by atoms with Gasteiger partial charge in [-0.3, -0.25) is 0 Å². The molecular formula is C29H58O12P2S4. The molecule has 280 valence electrons. The van der Waals surface area contributed by atoms with Crippen LogP contribution < -0.4 is 0 Å². The molecule has 4 rings (SSSR count). The van der Waals surface area contributed by atoms with Gasteiger partial charge in [-0.15, -0.1) is 0 Å². The van der Waals surface area contributed by atoms with E-state index >= 15 is 0 Å². The molecule has 0 radical (unpaired) electrons. The summed E-state index contributed by atoms with van der Waals surface area (Å²) < 4.78 is 138. The summed E-state index contributed by atoms with van der Waals surface area (Å²) >= 11 is 0. The summed E-state index contributed by atoms with van der Waals surface area (Å²) in [6, 6.07) is 0. The van der Waals surface area contributed by atoms with Gasteiger partial charge in [-0.05, 0) is 0 Å². The van der Waals surface area contributed by atoms with Crippen molar-refractivity contribution in [2.24, 2.45) is 0 Å². The molecule has 4 N–H and O–H groups in total. The fourth-order valence-corrected chi connectivity index (χ4v) is 30.4. The summed E-state index contributed by atoms with van der Waals surface area (Å²) in [4.78, 5) is 0. The fraction of sp³-hybridized carbons (Fsp3) is 1.00. The molecule has 18 heteroatoms. The van der Waals surface area contributed by atoms with Crippen LogP contribution in [0.25, 0.3) is 0 Å². The second kappa shape index (κ2) is 15.2. The van der Waals surface area contributed by atoms with Crippen molar-refractivity contribution in [1.29, 1.82) is 0 Å². The normalized spacial score (nSPS) is 33.8. The van der Waals surface area contributed by atoms with E-state index in [1.54, 1.807) is 0 Å². The molecule has 0 spiro atoms. The Morgan fingerprint density at radius 1 is 0.426 bits per heavy atom. The van der Waals surface area contributed by atoms with Gasteiger partial charge < -0.3 is 0 Å². The van der Waals surface area contributed by atoms with Gasteiger partial charge in [0.2, 0.25) is 0 Å². The van der Waals surface area contributed by atoms with E-state index in [1.165, 1.54) is 0 Å². The van der Waals surface area contributed by atoms with Gasteiger partial charge in [0.15, 0.2) is 0 Å². The zero-order valence-electron chi connectivity index (χ0n) is 27.7. The van der Waals surface area contributed by atoms with E-state index in [0.29, 0.717) is 77.0 Å². The van der Waals surface area contributed by atoms with Gasteiger partial charge in [0.1, 0.15) is 0 Å². The number of hydrogen-bond acceptors (Lipinski definition) is 8. The third kappa shape index (κ3) is 9.12. The molecule has 47 heavy (non-hydrogen) atoms. The Morgan fingerprint density at radius 3 is 0.830 bits per heavy atom. The molecule has 8 atom stereocenters. The first kappa shape index (κ1) is 40.3. The summed E-state index contributed by atoms with van der Waals surface area (Å²) in [5.74, 6) is 0. The molecule has 0 amide bonds. The maximum atomic E-state index is 12.2. The van der Waals surface area contributed by atoms with Crippen LogP contribution in [-0.2, 0) is 40.5 Å². The van der Waals surface area contributed by atoms with Crippen molar-refractivity contribution in [3.63, 3.8) is 0 Å². The van der Waals surface area contributed by atoms with Crippen molar-refractivity contribution in [2.45, 2.75) is 154 Å². The Labute approximate surface area is 284 Å². The molecule has 4 saturated carbocycles.